The maximum Gasteiger partial charge on any atom is 0.326 e. The third kappa shape index (κ3) is 9.85. The van der Waals surface area contributed by atoms with Gasteiger partial charge in [-0.2, -0.15) is 11.8 Å². The summed E-state index contributed by atoms with van der Waals surface area (Å²) in [5, 5.41) is 8.61. The van der Waals surface area contributed by atoms with Gasteiger partial charge in [-0.15, -0.1) is 0 Å². The first kappa shape index (κ1) is 26.1. The number of ether oxygens (including phenoxy) is 3. The summed E-state index contributed by atoms with van der Waals surface area (Å²) >= 11 is 1.52. The first-order chi connectivity index (χ1) is 13.0. The van der Waals surface area contributed by atoms with Crippen molar-refractivity contribution in [2.24, 2.45) is 22.9 Å². The Morgan fingerprint density at radius 3 is 1.96 bits per heavy atom. The number of esters is 3. The van der Waals surface area contributed by atoms with E-state index in [2.05, 4.69) is 4.74 Å². The molecule has 0 bridgehead atoms. The lowest BCUT2D eigenvalue weighted by molar-refractivity contribution is -0.159. The van der Waals surface area contributed by atoms with Crippen LogP contribution in [-0.4, -0.2) is 84.5 Å². The Morgan fingerprint density at radius 2 is 1.43 bits per heavy atom. The number of carboxylic acid groups (broad SMARTS) is 1. The lowest BCUT2D eigenvalue weighted by Gasteiger charge is -2.21. The van der Waals surface area contributed by atoms with Gasteiger partial charge in [-0.3, -0.25) is 19.2 Å². The third-order valence-corrected chi connectivity index (χ3v) is 4.09. The zero-order valence-electron chi connectivity index (χ0n) is 15.7. The molecule has 9 N–H and O–H groups in total. The van der Waals surface area contributed by atoms with E-state index in [0.717, 1.165) is 0 Å². The summed E-state index contributed by atoms with van der Waals surface area (Å²) in [4.78, 5) is 45.9. The predicted molar refractivity (Wildman–Crippen MR) is 100 cm³/mol. The largest absolute Gasteiger partial charge is 0.480 e. The van der Waals surface area contributed by atoms with E-state index < -0.39 is 67.4 Å². The van der Waals surface area contributed by atoms with Crippen molar-refractivity contribution in [1.29, 1.82) is 0 Å². The minimum Gasteiger partial charge on any atom is -0.480 e. The summed E-state index contributed by atoms with van der Waals surface area (Å²) in [6, 6.07) is -4.92. The highest BCUT2D eigenvalue weighted by molar-refractivity contribution is 7.98. The molecule has 0 fully saturated rings. The molecule has 28 heavy (non-hydrogen) atoms. The van der Waals surface area contributed by atoms with Crippen LogP contribution >= 0.6 is 11.8 Å². The molecule has 0 rings (SSSR count). The fraction of sp³-hybridized carbons (Fsp3) is 0.733. The van der Waals surface area contributed by atoms with Crippen LogP contribution in [0.1, 0.15) is 13.3 Å². The van der Waals surface area contributed by atoms with Gasteiger partial charge in [0.05, 0.1) is 0 Å². The topological polar surface area (TPSA) is 220 Å². The Morgan fingerprint density at radius 1 is 0.893 bits per heavy atom. The van der Waals surface area contributed by atoms with Gasteiger partial charge in [-0.25, -0.2) is 0 Å². The number of carbonyl (C=O) groups excluding carboxylic acids is 3. The minimum absolute atomic E-state index is 0.416. The molecule has 0 unspecified atom stereocenters. The van der Waals surface area contributed by atoms with Gasteiger partial charge in [0.1, 0.15) is 43.5 Å². The summed E-state index contributed by atoms with van der Waals surface area (Å²) < 4.78 is 14.5. The van der Waals surface area contributed by atoms with Gasteiger partial charge < -0.3 is 42.3 Å². The van der Waals surface area contributed by atoms with Crippen LogP contribution in [0.25, 0.3) is 0 Å². The molecule has 0 saturated carbocycles. The van der Waals surface area contributed by atoms with Crippen LogP contribution in [0.2, 0.25) is 0 Å². The zero-order valence-corrected chi connectivity index (χ0v) is 16.6. The van der Waals surface area contributed by atoms with Crippen molar-refractivity contribution in [2.75, 3.05) is 25.2 Å². The van der Waals surface area contributed by atoms with E-state index in [1.165, 1.54) is 18.7 Å². The van der Waals surface area contributed by atoms with E-state index in [1.54, 1.807) is 0 Å². The van der Waals surface area contributed by atoms with Gasteiger partial charge in [-0.1, -0.05) is 0 Å². The van der Waals surface area contributed by atoms with E-state index in [0.29, 0.717) is 12.2 Å². The fourth-order valence-electron chi connectivity index (χ4n) is 1.58. The number of aliphatic carboxylic acids is 1. The molecule has 13 heteroatoms. The van der Waals surface area contributed by atoms with Gasteiger partial charge in [-0.05, 0) is 25.4 Å². The van der Waals surface area contributed by atoms with Crippen LogP contribution in [0.5, 0.6) is 0 Å². The molecule has 5 atom stereocenters. The van der Waals surface area contributed by atoms with E-state index in [9.17, 15) is 19.2 Å². The SMILES string of the molecule is CSCC[C@H](N)C(=O)OC[C@H](N)C(=O)O[C@H](C)[C@H](N)C(=O)OC[C@H](N)C(=O)O. The predicted octanol–water partition coefficient (Wildman–Crippen LogP) is -2.85. The van der Waals surface area contributed by atoms with Crippen molar-refractivity contribution >= 4 is 35.6 Å². The highest BCUT2D eigenvalue weighted by Crippen LogP contribution is 2.04. The molecule has 0 aliphatic heterocycles. The third-order valence-electron chi connectivity index (χ3n) is 3.45. The Hall–Kier alpha value is -1.93. The highest BCUT2D eigenvalue weighted by atomic mass is 32.2. The summed E-state index contributed by atoms with van der Waals surface area (Å²) in [5.74, 6) is -3.33. The smallest absolute Gasteiger partial charge is 0.326 e. The van der Waals surface area contributed by atoms with Gasteiger partial charge >= 0.3 is 23.9 Å². The number of hydrogen-bond donors (Lipinski definition) is 5. The molecule has 0 aliphatic rings. The quantitative estimate of drug-likeness (QED) is 0.149. The molecule has 0 aromatic carbocycles. The van der Waals surface area contributed by atoms with Gasteiger partial charge in [0, 0.05) is 0 Å². The second-order valence-electron chi connectivity index (χ2n) is 5.87. The molecular weight excluding hydrogens is 396 g/mol. The first-order valence-electron chi connectivity index (χ1n) is 8.29. The van der Waals surface area contributed by atoms with Crippen molar-refractivity contribution in [3.8, 4) is 0 Å². The molecule has 0 amide bonds. The van der Waals surface area contributed by atoms with Crippen molar-refractivity contribution in [3.05, 3.63) is 0 Å². The molecule has 0 radical (unpaired) electrons. The van der Waals surface area contributed by atoms with Gasteiger partial charge in [0.2, 0.25) is 0 Å². The molecule has 0 aliphatic carbocycles. The monoisotopic (exact) mass is 424 g/mol. The van der Waals surface area contributed by atoms with Crippen LogP contribution in [0.15, 0.2) is 0 Å². The maximum absolute atomic E-state index is 11.9. The zero-order chi connectivity index (χ0) is 21.9. The van der Waals surface area contributed by atoms with Gasteiger partial charge in [0.25, 0.3) is 0 Å². The maximum atomic E-state index is 11.9. The van der Waals surface area contributed by atoms with Crippen molar-refractivity contribution in [1.82, 2.24) is 0 Å². The average molecular weight is 424 g/mol. The molecule has 0 aromatic rings. The number of carboxylic acids is 1. The van der Waals surface area contributed by atoms with Crippen molar-refractivity contribution < 1.29 is 38.5 Å². The number of nitrogens with two attached hydrogens (primary N) is 4. The van der Waals surface area contributed by atoms with Crippen LogP contribution in [-0.2, 0) is 33.4 Å². The molecule has 12 nitrogen and oxygen atoms in total. The van der Waals surface area contributed by atoms with E-state index >= 15 is 0 Å². The Kier molecular flexibility index (Phi) is 12.4. The summed E-state index contributed by atoms with van der Waals surface area (Å²) in [6.45, 7) is 0.275. The summed E-state index contributed by atoms with van der Waals surface area (Å²) in [5.41, 5.74) is 22.0. The molecule has 162 valence electrons. The molecule has 0 heterocycles. The molecule has 0 aromatic heterocycles. The van der Waals surface area contributed by atoms with Crippen LogP contribution in [0, 0.1) is 0 Å². The highest BCUT2D eigenvalue weighted by Gasteiger charge is 2.29. The Labute approximate surface area is 166 Å². The number of hydrogen-bond acceptors (Lipinski definition) is 12. The van der Waals surface area contributed by atoms with Gasteiger partial charge in [0.15, 0.2) is 0 Å². The average Bonchev–Trinajstić information content (AvgIpc) is 2.66. The van der Waals surface area contributed by atoms with Crippen molar-refractivity contribution in [3.63, 3.8) is 0 Å². The van der Waals surface area contributed by atoms with Crippen LogP contribution in [0.4, 0.5) is 0 Å². The first-order valence-corrected chi connectivity index (χ1v) is 9.68. The van der Waals surface area contributed by atoms with E-state index in [4.69, 9.17) is 37.5 Å². The van der Waals surface area contributed by atoms with Crippen LogP contribution in [0.3, 0.4) is 0 Å². The second-order valence-corrected chi connectivity index (χ2v) is 6.85. The number of rotatable bonds is 13. The normalized spacial score (nSPS) is 16.2. The van der Waals surface area contributed by atoms with Crippen molar-refractivity contribution in [2.45, 2.75) is 43.6 Å². The number of thioether (sulfide) groups is 1. The minimum atomic E-state index is -1.40. The molecular formula is C15H28N4O8S. The Balaban J connectivity index is 4.38. The van der Waals surface area contributed by atoms with E-state index in [-0.39, 0.29) is 0 Å². The fourth-order valence-corrected chi connectivity index (χ4v) is 2.07. The summed E-state index contributed by atoms with van der Waals surface area (Å²) in [6.07, 6.45) is 1.15. The molecule has 0 saturated heterocycles. The molecule has 0 spiro atoms. The van der Waals surface area contributed by atoms with Crippen LogP contribution < -0.4 is 22.9 Å². The lowest BCUT2D eigenvalue weighted by Crippen LogP contribution is -2.48. The second kappa shape index (κ2) is 13.3. The number of carbonyl (C=O) groups is 4. The summed E-state index contributed by atoms with van der Waals surface area (Å²) in [7, 11) is 0. The lowest BCUT2D eigenvalue weighted by atomic mass is 10.2. The standard InChI is InChI=1S/C15H28N4O8S/c1-7(11(19)15(24)26-5-9(17)12(20)21)27-14(23)10(18)6-25-13(22)8(16)3-4-28-2/h7-11H,3-6,16-19H2,1-2H3,(H,20,21)/t7-,8+,9+,10+,11+/m1/s1. The Bertz CT molecular complexity index is 550. The van der Waals surface area contributed by atoms with E-state index in [1.807, 2.05) is 6.26 Å².